The summed E-state index contributed by atoms with van der Waals surface area (Å²) in [5.41, 5.74) is 0.312. The second kappa shape index (κ2) is 9.11. The van der Waals surface area contributed by atoms with Crippen molar-refractivity contribution in [2.75, 3.05) is 25.0 Å². The highest BCUT2D eigenvalue weighted by molar-refractivity contribution is 7.89. The first-order valence-corrected chi connectivity index (χ1v) is 11.8. The van der Waals surface area contributed by atoms with Gasteiger partial charge in [-0.15, -0.1) is 11.3 Å². The summed E-state index contributed by atoms with van der Waals surface area (Å²) >= 11 is 1.17. The molecule has 1 amide bonds. The van der Waals surface area contributed by atoms with Gasteiger partial charge in [-0.1, -0.05) is 19.9 Å². The highest BCUT2D eigenvalue weighted by Crippen LogP contribution is 2.32. The summed E-state index contributed by atoms with van der Waals surface area (Å²) in [6.45, 7) is 6.22. The molecule has 0 fully saturated rings. The van der Waals surface area contributed by atoms with Gasteiger partial charge in [0.2, 0.25) is 10.0 Å². The van der Waals surface area contributed by atoms with Crippen LogP contribution in [-0.2, 0) is 10.0 Å². The van der Waals surface area contributed by atoms with Gasteiger partial charge in [-0.3, -0.25) is 4.79 Å². The third-order valence-electron chi connectivity index (χ3n) is 4.56. The van der Waals surface area contributed by atoms with E-state index in [1.54, 1.807) is 39.0 Å². The number of halogens is 1. The molecule has 3 rings (SSSR count). The normalized spacial score (nSPS) is 11.8. The number of ether oxygens (including phenoxy) is 1. The molecule has 0 atom stereocenters. The van der Waals surface area contributed by atoms with Gasteiger partial charge in [0.25, 0.3) is 5.91 Å². The van der Waals surface area contributed by atoms with Crippen molar-refractivity contribution < 1.29 is 22.3 Å². The number of nitrogens with one attached hydrogen (secondary N) is 1. The van der Waals surface area contributed by atoms with Gasteiger partial charge in [0.05, 0.1) is 11.5 Å². The number of hydrogen-bond acceptors (Lipinski definition) is 5. The fourth-order valence-corrected chi connectivity index (χ4v) is 5.68. The van der Waals surface area contributed by atoms with Crippen LogP contribution >= 0.6 is 11.3 Å². The lowest BCUT2D eigenvalue weighted by Gasteiger charge is -2.21. The van der Waals surface area contributed by atoms with Crippen LogP contribution in [0.3, 0.4) is 0 Å². The maximum absolute atomic E-state index is 13.9. The first kappa shape index (κ1) is 22.2. The minimum absolute atomic E-state index is 0.00626. The van der Waals surface area contributed by atoms with Gasteiger partial charge in [0.15, 0.2) is 0 Å². The van der Waals surface area contributed by atoms with Crippen molar-refractivity contribution in [1.29, 1.82) is 0 Å². The van der Waals surface area contributed by atoms with Crippen molar-refractivity contribution in [2.45, 2.75) is 25.7 Å². The van der Waals surface area contributed by atoms with Gasteiger partial charge in [0, 0.05) is 28.9 Å². The molecule has 1 N–H and O–H groups in total. The summed E-state index contributed by atoms with van der Waals surface area (Å²) in [4.78, 5) is 13.0. The molecule has 0 saturated heterocycles. The van der Waals surface area contributed by atoms with E-state index in [2.05, 4.69) is 5.32 Å². The van der Waals surface area contributed by atoms with E-state index in [0.29, 0.717) is 40.3 Å². The molecule has 6 nitrogen and oxygen atoms in total. The summed E-state index contributed by atoms with van der Waals surface area (Å²) < 4.78 is 47.5. The Morgan fingerprint density at radius 3 is 2.50 bits per heavy atom. The smallest absolute Gasteiger partial charge is 0.265 e. The van der Waals surface area contributed by atoms with Gasteiger partial charge in [0.1, 0.15) is 16.5 Å². The molecule has 0 radical (unpaired) electrons. The number of fused-ring (bicyclic) bond motifs is 1. The van der Waals surface area contributed by atoms with Crippen LogP contribution in [0.4, 0.5) is 10.1 Å². The van der Waals surface area contributed by atoms with Crippen molar-refractivity contribution in [3.05, 3.63) is 53.2 Å². The van der Waals surface area contributed by atoms with Gasteiger partial charge in [-0.2, -0.15) is 4.31 Å². The van der Waals surface area contributed by atoms with Crippen LogP contribution in [0.25, 0.3) is 10.1 Å². The number of carbonyl (C=O) groups excluding carboxylic acids is 1. The minimum Gasteiger partial charge on any atom is -0.492 e. The second-order valence-electron chi connectivity index (χ2n) is 6.40. The van der Waals surface area contributed by atoms with Crippen molar-refractivity contribution in [3.63, 3.8) is 0 Å². The van der Waals surface area contributed by atoms with E-state index in [9.17, 15) is 17.6 Å². The zero-order chi connectivity index (χ0) is 21.9. The Morgan fingerprint density at radius 2 is 1.87 bits per heavy atom. The fraction of sp³-hybridized carbons (Fsp3) is 0.286. The predicted molar refractivity (Wildman–Crippen MR) is 117 cm³/mol. The Balaban J connectivity index is 1.96. The molecule has 0 spiro atoms. The Kier molecular flexibility index (Phi) is 6.74. The molecule has 0 aliphatic carbocycles. The van der Waals surface area contributed by atoms with Crippen LogP contribution < -0.4 is 10.1 Å². The van der Waals surface area contributed by atoms with Crippen LogP contribution in [0.2, 0.25) is 0 Å². The molecule has 2 aromatic carbocycles. The monoisotopic (exact) mass is 450 g/mol. The topological polar surface area (TPSA) is 75.7 Å². The average Bonchev–Trinajstić information content (AvgIpc) is 3.16. The van der Waals surface area contributed by atoms with E-state index in [0.717, 1.165) is 0 Å². The molecular formula is C21H23FN2O4S2. The lowest BCUT2D eigenvalue weighted by atomic mass is 10.2. The predicted octanol–water partition coefficient (Wildman–Crippen LogP) is 4.72. The summed E-state index contributed by atoms with van der Waals surface area (Å²) in [7, 11) is -3.79. The molecule has 160 valence electrons. The number of thiophene rings is 1. The standard InChI is InChI=1S/C21H23FN2O4S2/c1-4-24(5-2)30(26,27)20-12-14(10-11-17(20)28-6-3)23-21(25)19-13-15-16(22)8-7-9-18(15)29-19/h7-13H,4-6H2,1-3H3,(H,23,25). The number of carbonyl (C=O) groups is 1. The maximum atomic E-state index is 13.9. The lowest BCUT2D eigenvalue weighted by Crippen LogP contribution is -2.31. The van der Waals surface area contributed by atoms with Crippen LogP contribution in [0.15, 0.2) is 47.4 Å². The maximum Gasteiger partial charge on any atom is 0.265 e. The van der Waals surface area contributed by atoms with E-state index in [-0.39, 0.29) is 10.6 Å². The van der Waals surface area contributed by atoms with Crippen LogP contribution in [0.1, 0.15) is 30.4 Å². The summed E-state index contributed by atoms with van der Waals surface area (Å²) in [6, 6.07) is 10.7. The largest absolute Gasteiger partial charge is 0.492 e. The number of amides is 1. The molecule has 30 heavy (non-hydrogen) atoms. The third-order valence-corrected chi connectivity index (χ3v) is 7.73. The Labute approximate surface area is 179 Å². The average molecular weight is 451 g/mol. The molecule has 0 unspecified atom stereocenters. The molecule has 3 aromatic rings. The first-order chi connectivity index (χ1) is 14.3. The molecule has 0 bridgehead atoms. The van der Waals surface area contributed by atoms with E-state index in [1.165, 1.54) is 39.9 Å². The zero-order valence-corrected chi connectivity index (χ0v) is 18.6. The van der Waals surface area contributed by atoms with Gasteiger partial charge in [-0.25, -0.2) is 12.8 Å². The second-order valence-corrected chi connectivity index (χ2v) is 9.39. The summed E-state index contributed by atoms with van der Waals surface area (Å²) in [5.74, 6) is -0.603. The SMILES string of the molecule is CCOc1ccc(NC(=O)c2cc3c(F)cccc3s2)cc1S(=O)(=O)N(CC)CC. The van der Waals surface area contributed by atoms with E-state index in [1.807, 2.05) is 0 Å². The molecule has 0 aliphatic rings. The number of hydrogen-bond donors (Lipinski definition) is 1. The van der Waals surface area contributed by atoms with E-state index >= 15 is 0 Å². The Bertz CT molecular complexity index is 1170. The van der Waals surface area contributed by atoms with Crippen LogP contribution in [-0.4, -0.2) is 38.3 Å². The van der Waals surface area contributed by atoms with Crippen molar-refractivity contribution in [3.8, 4) is 5.75 Å². The lowest BCUT2D eigenvalue weighted by molar-refractivity contribution is 0.103. The van der Waals surface area contributed by atoms with E-state index < -0.39 is 21.7 Å². The Hall–Kier alpha value is -2.49. The number of sulfonamides is 1. The molecule has 0 aliphatic heterocycles. The minimum atomic E-state index is -3.79. The first-order valence-electron chi connectivity index (χ1n) is 9.58. The molecular weight excluding hydrogens is 427 g/mol. The molecule has 9 heteroatoms. The number of nitrogens with zero attached hydrogens (tertiary/aromatic N) is 1. The fourth-order valence-electron chi connectivity index (χ4n) is 3.09. The van der Waals surface area contributed by atoms with Gasteiger partial charge in [-0.05, 0) is 43.3 Å². The van der Waals surface area contributed by atoms with Gasteiger partial charge < -0.3 is 10.1 Å². The highest BCUT2D eigenvalue weighted by Gasteiger charge is 2.26. The van der Waals surface area contributed by atoms with Crippen LogP contribution in [0.5, 0.6) is 5.75 Å². The van der Waals surface area contributed by atoms with Crippen molar-refractivity contribution in [1.82, 2.24) is 4.31 Å². The highest BCUT2D eigenvalue weighted by atomic mass is 32.2. The molecule has 0 saturated carbocycles. The third kappa shape index (κ3) is 4.33. The summed E-state index contributed by atoms with van der Waals surface area (Å²) in [6.07, 6.45) is 0. The van der Waals surface area contributed by atoms with Crippen LogP contribution in [0, 0.1) is 5.82 Å². The van der Waals surface area contributed by atoms with Crippen molar-refractivity contribution >= 4 is 43.0 Å². The van der Waals surface area contributed by atoms with E-state index in [4.69, 9.17) is 4.74 Å². The summed E-state index contributed by atoms with van der Waals surface area (Å²) in [5, 5.41) is 3.08. The number of benzene rings is 2. The zero-order valence-electron chi connectivity index (χ0n) is 16.9. The molecule has 1 heterocycles. The quantitative estimate of drug-likeness (QED) is 0.539. The molecule has 1 aromatic heterocycles. The Morgan fingerprint density at radius 1 is 1.13 bits per heavy atom. The van der Waals surface area contributed by atoms with Gasteiger partial charge >= 0.3 is 0 Å². The number of anilines is 1. The van der Waals surface area contributed by atoms with Crippen molar-refractivity contribution in [2.24, 2.45) is 0 Å². The number of rotatable bonds is 8.